The van der Waals surface area contributed by atoms with Crippen LogP contribution in [0.15, 0.2) is 48.5 Å². The molecule has 1 N–H and O–H groups in total. The minimum atomic E-state index is 0.0265. The number of rotatable bonds is 2. The maximum atomic E-state index is 12.6. The number of carbonyl (C=O) groups excluding carboxylic acids is 1. The number of fused-ring (bicyclic) bond motifs is 4. The average molecular weight is 346 g/mol. The first-order chi connectivity index (χ1) is 12.8. The van der Waals surface area contributed by atoms with E-state index < -0.39 is 0 Å². The van der Waals surface area contributed by atoms with E-state index in [2.05, 4.69) is 17.1 Å². The molecule has 5 heteroatoms. The molecule has 0 bridgehead atoms. The van der Waals surface area contributed by atoms with Gasteiger partial charge in [-0.3, -0.25) is 4.79 Å². The predicted octanol–water partition coefficient (Wildman–Crippen LogP) is 3.49. The van der Waals surface area contributed by atoms with E-state index >= 15 is 0 Å². The van der Waals surface area contributed by atoms with Crippen LogP contribution in [0.3, 0.4) is 0 Å². The number of amides is 1. The Morgan fingerprint density at radius 3 is 2.96 bits per heavy atom. The van der Waals surface area contributed by atoms with Crippen molar-refractivity contribution in [3.8, 4) is 11.5 Å². The Labute approximate surface area is 150 Å². The third-order valence-corrected chi connectivity index (χ3v) is 5.01. The van der Waals surface area contributed by atoms with Gasteiger partial charge >= 0.3 is 0 Å². The lowest BCUT2D eigenvalue weighted by atomic mass is 10.0. The van der Waals surface area contributed by atoms with Crippen molar-refractivity contribution in [3.63, 3.8) is 0 Å². The van der Waals surface area contributed by atoms with Crippen molar-refractivity contribution in [2.45, 2.75) is 13.0 Å². The maximum Gasteiger partial charge on any atom is 0.246 e. The highest BCUT2D eigenvalue weighted by molar-refractivity contribution is 5.93. The van der Waals surface area contributed by atoms with Gasteiger partial charge in [-0.2, -0.15) is 0 Å². The summed E-state index contributed by atoms with van der Waals surface area (Å²) in [5.74, 6) is 1.50. The zero-order valence-electron chi connectivity index (χ0n) is 14.2. The molecule has 1 aromatic heterocycles. The molecule has 1 amide bonds. The minimum Gasteiger partial charge on any atom is -0.454 e. The summed E-state index contributed by atoms with van der Waals surface area (Å²) in [5, 5.41) is 1.21. The van der Waals surface area contributed by atoms with E-state index in [9.17, 15) is 4.79 Å². The molecule has 0 radical (unpaired) electrons. The summed E-state index contributed by atoms with van der Waals surface area (Å²) in [4.78, 5) is 18.0. The zero-order valence-corrected chi connectivity index (χ0v) is 14.2. The standard InChI is InChI=1S/C21H18N2O3/c24-21(8-6-14-5-7-19-20(11-14)26-13-25-19)23-10-9-18-16(12-23)15-3-1-2-4-17(15)22-18/h1-8,11,22H,9-10,12-13H2/b8-6+. The number of ether oxygens (including phenoxy) is 2. The molecule has 130 valence electrons. The van der Waals surface area contributed by atoms with Crippen molar-refractivity contribution >= 4 is 22.9 Å². The largest absolute Gasteiger partial charge is 0.454 e. The number of hydrogen-bond acceptors (Lipinski definition) is 3. The van der Waals surface area contributed by atoms with Crippen LogP contribution in [0.2, 0.25) is 0 Å². The predicted molar refractivity (Wildman–Crippen MR) is 99.0 cm³/mol. The van der Waals surface area contributed by atoms with Gasteiger partial charge in [0.05, 0.1) is 0 Å². The van der Waals surface area contributed by atoms with E-state index in [-0.39, 0.29) is 12.7 Å². The Kier molecular flexibility index (Phi) is 3.45. The summed E-state index contributed by atoms with van der Waals surface area (Å²) in [6, 6.07) is 13.9. The molecule has 0 aliphatic carbocycles. The van der Waals surface area contributed by atoms with Gasteiger partial charge in [-0.1, -0.05) is 24.3 Å². The molecule has 0 fully saturated rings. The van der Waals surface area contributed by atoms with Crippen molar-refractivity contribution in [2.75, 3.05) is 13.3 Å². The highest BCUT2D eigenvalue weighted by Crippen LogP contribution is 2.33. The number of aromatic nitrogens is 1. The molecule has 5 nitrogen and oxygen atoms in total. The van der Waals surface area contributed by atoms with E-state index in [0.29, 0.717) is 6.54 Å². The van der Waals surface area contributed by atoms with Crippen molar-refractivity contribution in [1.29, 1.82) is 0 Å². The lowest BCUT2D eigenvalue weighted by Gasteiger charge is -2.26. The molecule has 3 heterocycles. The molecule has 0 spiro atoms. The Morgan fingerprint density at radius 2 is 2.00 bits per heavy atom. The van der Waals surface area contributed by atoms with Gasteiger partial charge in [0.15, 0.2) is 11.5 Å². The minimum absolute atomic E-state index is 0.0265. The normalized spacial score (nSPS) is 15.6. The summed E-state index contributed by atoms with van der Waals surface area (Å²) < 4.78 is 10.7. The van der Waals surface area contributed by atoms with E-state index in [0.717, 1.165) is 35.5 Å². The molecule has 3 aromatic rings. The van der Waals surface area contributed by atoms with E-state index in [1.165, 1.54) is 16.6 Å². The monoisotopic (exact) mass is 346 g/mol. The van der Waals surface area contributed by atoms with Crippen molar-refractivity contribution < 1.29 is 14.3 Å². The third kappa shape index (κ3) is 2.52. The first-order valence-corrected chi connectivity index (χ1v) is 8.73. The molecule has 0 atom stereocenters. The first-order valence-electron chi connectivity index (χ1n) is 8.73. The number of nitrogens with one attached hydrogen (secondary N) is 1. The van der Waals surface area contributed by atoms with Gasteiger partial charge in [-0.05, 0) is 29.8 Å². The Bertz CT molecular complexity index is 1030. The SMILES string of the molecule is O=C(/C=C/c1ccc2c(c1)OCO2)N1CCc2[nH]c3ccccc3c2C1. The summed E-state index contributed by atoms with van der Waals surface area (Å²) in [6.07, 6.45) is 4.32. The van der Waals surface area contributed by atoms with Gasteiger partial charge < -0.3 is 19.4 Å². The van der Waals surface area contributed by atoms with Crippen LogP contribution in [0.4, 0.5) is 0 Å². The zero-order chi connectivity index (χ0) is 17.5. The van der Waals surface area contributed by atoms with E-state index in [1.54, 1.807) is 6.08 Å². The topological polar surface area (TPSA) is 54.6 Å². The number of benzene rings is 2. The summed E-state index contributed by atoms with van der Waals surface area (Å²) >= 11 is 0. The highest BCUT2D eigenvalue weighted by atomic mass is 16.7. The number of para-hydroxylation sites is 1. The summed E-state index contributed by atoms with van der Waals surface area (Å²) in [6.45, 7) is 1.62. The fourth-order valence-electron chi connectivity index (χ4n) is 3.64. The van der Waals surface area contributed by atoms with Crippen LogP contribution in [-0.4, -0.2) is 29.1 Å². The highest BCUT2D eigenvalue weighted by Gasteiger charge is 2.22. The summed E-state index contributed by atoms with van der Waals surface area (Å²) in [5.41, 5.74) is 4.54. The molecule has 0 saturated carbocycles. The molecular weight excluding hydrogens is 328 g/mol. The smallest absolute Gasteiger partial charge is 0.246 e. The summed E-state index contributed by atoms with van der Waals surface area (Å²) in [7, 11) is 0. The molecule has 0 unspecified atom stereocenters. The van der Waals surface area contributed by atoms with Crippen molar-refractivity contribution in [2.24, 2.45) is 0 Å². The Morgan fingerprint density at radius 1 is 1.12 bits per heavy atom. The van der Waals surface area contributed by atoms with Crippen molar-refractivity contribution in [3.05, 3.63) is 65.4 Å². The van der Waals surface area contributed by atoms with E-state index in [1.807, 2.05) is 41.3 Å². The average Bonchev–Trinajstić information content (AvgIpc) is 3.29. The molecule has 0 saturated heterocycles. The van der Waals surface area contributed by atoms with Gasteiger partial charge in [0.2, 0.25) is 12.7 Å². The number of H-pyrrole nitrogens is 1. The number of hydrogen-bond donors (Lipinski definition) is 1. The molecule has 2 aliphatic heterocycles. The molecule has 2 aliphatic rings. The van der Waals surface area contributed by atoms with Gasteiger partial charge in [-0.25, -0.2) is 0 Å². The van der Waals surface area contributed by atoms with Gasteiger partial charge in [-0.15, -0.1) is 0 Å². The lowest BCUT2D eigenvalue weighted by Crippen LogP contribution is -2.34. The Balaban J connectivity index is 1.35. The van der Waals surface area contributed by atoms with Crippen LogP contribution in [-0.2, 0) is 17.8 Å². The van der Waals surface area contributed by atoms with Crippen LogP contribution < -0.4 is 9.47 Å². The fourth-order valence-corrected chi connectivity index (χ4v) is 3.64. The van der Waals surface area contributed by atoms with Crippen LogP contribution in [0.1, 0.15) is 16.8 Å². The molecule has 2 aromatic carbocycles. The van der Waals surface area contributed by atoms with Crippen LogP contribution in [0, 0.1) is 0 Å². The van der Waals surface area contributed by atoms with E-state index in [4.69, 9.17) is 9.47 Å². The maximum absolute atomic E-state index is 12.6. The molecule has 26 heavy (non-hydrogen) atoms. The number of aromatic amines is 1. The second-order valence-corrected chi connectivity index (χ2v) is 6.58. The van der Waals surface area contributed by atoms with Crippen LogP contribution in [0.25, 0.3) is 17.0 Å². The molecular formula is C21H18N2O3. The van der Waals surface area contributed by atoms with Crippen molar-refractivity contribution in [1.82, 2.24) is 9.88 Å². The lowest BCUT2D eigenvalue weighted by molar-refractivity contribution is -0.126. The van der Waals surface area contributed by atoms with Gasteiger partial charge in [0.1, 0.15) is 0 Å². The van der Waals surface area contributed by atoms with Gasteiger partial charge in [0, 0.05) is 47.7 Å². The Hall–Kier alpha value is -3.21. The first kappa shape index (κ1) is 15.1. The fraction of sp³-hybridized carbons (Fsp3) is 0.190. The van der Waals surface area contributed by atoms with Crippen LogP contribution >= 0.6 is 0 Å². The quantitative estimate of drug-likeness (QED) is 0.723. The van der Waals surface area contributed by atoms with Crippen LogP contribution in [0.5, 0.6) is 11.5 Å². The van der Waals surface area contributed by atoms with Gasteiger partial charge in [0.25, 0.3) is 0 Å². The second-order valence-electron chi connectivity index (χ2n) is 6.58. The third-order valence-electron chi connectivity index (χ3n) is 5.01. The molecule has 5 rings (SSSR count). The number of carbonyl (C=O) groups is 1. The number of nitrogens with zero attached hydrogens (tertiary/aromatic N) is 1. The second kappa shape index (κ2) is 5.95.